The highest BCUT2D eigenvalue weighted by molar-refractivity contribution is 9.11. The number of hydrogen-bond acceptors (Lipinski definition) is 6. The van der Waals surface area contributed by atoms with E-state index in [0.29, 0.717) is 16.5 Å². The third-order valence-corrected chi connectivity index (χ3v) is 4.48. The first kappa shape index (κ1) is 15.2. The highest BCUT2D eigenvalue weighted by Gasteiger charge is 2.13. The largest absolute Gasteiger partial charge is 0.452 e. The van der Waals surface area contributed by atoms with Crippen molar-refractivity contribution in [3.05, 3.63) is 56.7 Å². The van der Waals surface area contributed by atoms with Gasteiger partial charge in [-0.05, 0) is 46.3 Å². The molecule has 2 aromatic heterocycles. The van der Waals surface area contributed by atoms with Crippen LogP contribution >= 0.6 is 38.9 Å². The SMILES string of the molecule is O=C(OCc1nnc(-c2ccc(Br)s2)o1)c1cccc(Cl)c1. The van der Waals surface area contributed by atoms with Gasteiger partial charge in [-0.25, -0.2) is 4.79 Å². The molecule has 0 saturated heterocycles. The van der Waals surface area contributed by atoms with Crippen LogP contribution < -0.4 is 0 Å². The van der Waals surface area contributed by atoms with Crippen LogP contribution in [0.2, 0.25) is 5.02 Å². The van der Waals surface area contributed by atoms with Gasteiger partial charge in [0.05, 0.1) is 14.2 Å². The Balaban J connectivity index is 1.65. The monoisotopic (exact) mass is 398 g/mol. The van der Waals surface area contributed by atoms with Gasteiger partial charge in [0.25, 0.3) is 11.8 Å². The molecule has 3 rings (SSSR count). The van der Waals surface area contributed by atoms with Gasteiger partial charge >= 0.3 is 5.97 Å². The van der Waals surface area contributed by atoms with Gasteiger partial charge < -0.3 is 9.15 Å². The van der Waals surface area contributed by atoms with Gasteiger partial charge in [-0.15, -0.1) is 21.5 Å². The maximum absolute atomic E-state index is 11.9. The number of ether oxygens (including phenoxy) is 1. The van der Waals surface area contributed by atoms with Crippen LogP contribution in [0, 0.1) is 0 Å². The molecular formula is C14H8BrClN2O3S. The van der Waals surface area contributed by atoms with E-state index in [1.807, 2.05) is 12.1 Å². The van der Waals surface area contributed by atoms with E-state index in [0.717, 1.165) is 8.66 Å². The Kier molecular flexibility index (Phi) is 4.56. The van der Waals surface area contributed by atoms with Crippen molar-refractivity contribution in [1.82, 2.24) is 10.2 Å². The molecule has 112 valence electrons. The van der Waals surface area contributed by atoms with Gasteiger partial charge in [-0.1, -0.05) is 17.7 Å². The lowest BCUT2D eigenvalue weighted by molar-refractivity contribution is 0.0438. The van der Waals surface area contributed by atoms with Crippen molar-refractivity contribution in [2.24, 2.45) is 0 Å². The molecule has 0 aliphatic carbocycles. The molecule has 1 aromatic carbocycles. The molecule has 22 heavy (non-hydrogen) atoms. The fourth-order valence-corrected chi connectivity index (χ4v) is 3.16. The molecule has 3 aromatic rings. The minimum atomic E-state index is -0.499. The van der Waals surface area contributed by atoms with Gasteiger partial charge in [-0.2, -0.15) is 0 Å². The zero-order chi connectivity index (χ0) is 15.5. The van der Waals surface area contributed by atoms with E-state index in [-0.39, 0.29) is 12.5 Å². The molecule has 0 spiro atoms. The topological polar surface area (TPSA) is 65.2 Å². The van der Waals surface area contributed by atoms with Gasteiger partial charge in [-0.3, -0.25) is 0 Å². The summed E-state index contributed by atoms with van der Waals surface area (Å²) >= 11 is 10.7. The number of esters is 1. The van der Waals surface area contributed by atoms with Crippen molar-refractivity contribution in [3.63, 3.8) is 0 Å². The number of hydrogen-bond donors (Lipinski definition) is 0. The van der Waals surface area contributed by atoms with Gasteiger partial charge in [0.2, 0.25) is 0 Å². The molecule has 0 saturated carbocycles. The van der Waals surface area contributed by atoms with Crippen LogP contribution in [-0.2, 0) is 11.3 Å². The first-order valence-corrected chi connectivity index (χ1v) is 8.11. The second-order valence-electron chi connectivity index (χ2n) is 4.19. The van der Waals surface area contributed by atoms with E-state index in [9.17, 15) is 4.79 Å². The summed E-state index contributed by atoms with van der Waals surface area (Å²) in [6.07, 6.45) is 0. The Labute approximate surface area is 143 Å². The van der Waals surface area contributed by atoms with E-state index in [1.54, 1.807) is 18.2 Å². The Hall–Kier alpha value is -1.70. The molecule has 0 amide bonds. The maximum atomic E-state index is 11.9. The Morgan fingerprint density at radius 1 is 1.32 bits per heavy atom. The third kappa shape index (κ3) is 3.55. The average Bonchev–Trinajstić information content (AvgIpc) is 3.13. The molecule has 0 bridgehead atoms. The first-order chi connectivity index (χ1) is 10.6. The molecule has 5 nitrogen and oxygen atoms in total. The van der Waals surface area contributed by atoms with E-state index >= 15 is 0 Å². The van der Waals surface area contributed by atoms with Gasteiger partial charge in [0, 0.05) is 5.02 Å². The Morgan fingerprint density at radius 3 is 2.91 bits per heavy atom. The predicted octanol–water partition coefficient (Wildman–Crippen LogP) is 4.57. The number of carbonyl (C=O) groups excluding carboxylic acids is 1. The number of benzene rings is 1. The normalized spacial score (nSPS) is 10.6. The standard InChI is InChI=1S/C14H8BrClN2O3S/c15-11-5-4-10(22-11)13-18-17-12(21-13)7-20-14(19)8-2-1-3-9(16)6-8/h1-6H,7H2. The minimum absolute atomic E-state index is 0.0924. The van der Waals surface area contributed by atoms with E-state index in [1.165, 1.54) is 17.4 Å². The third-order valence-electron chi connectivity index (χ3n) is 2.64. The molecule has 0 aliphatic heterocycles. The fourth-order valence-electron chi connectivity index (χ4n) is 1.67. The summed E-state index contributed by atoms with van der Waals surface area (Å²) in [7, 11) is 0. The zero-order valence-corrected chi connectivity index (χ0v) is 14.1. The van der Waals surface area contributed by atoms with Crippen LogP contribution in [-0.4, -0.2) is 16.2 Å². The lowest BCUT2D eigenvalue weighted by Gasteiger charge is -2.02. The summed E-state index contributed by atoms with van der Waals surface area (Å²) < 4.78 is 11.5. The Bertz CT molecular complexity index is 818. The highest BCUT2D eigenvalue weighted by Crippen LogP contribution is 2.30. The van der Waals surface area contributed by atoms with E-state index in [4.69, 9.17) is 20.8 Å². The van der Waals surface area contributed by atoms with Crippen LogP contribution in [0.4, 0.5) is 0 Å². The first-order valence-electron chi connectivity index (χ1n) is 6.12. The van der Waals surface area contributed by atoms with Crippen LogP contribution in [0.25, 0.3) is 10.8 Å². The minimum Gasteiger partial charge on any atom is -0.452 e. The summed E-state index contributed by atoms with van der Waals surface area (Å²) in [5.41, 5.74) is 0.370. The van der Waals surface area contributed by atoms with Gasteiger partial charge in [0.15, 0.2) is 6.61 Å². The summed E-state index contributed by atoms with van der Waals surface area (Å²) in [5.74, 6) is 0.125. The quantitative estimate of drug-likeness (QED) is 0.601. The van der Waals surface area contributed by atoms with Crippen molar-refractivity contribution < 1.29 is 13.9 Å². The second kappa shape index (κ2) is 6.60. The highest BCUT2D eigenvalue weighted by atomic mass is 79.9. The number of aromatic nitrogens is 2. The fraction of sp³-hybridized carbons (Fsp3) is 0.0714. The van der Waals surface area contributed by atoms with Crippen molar-refractivity contribution in [3.8, 4) is 10.8 Å². The molecule has 0 atom stereocenters. The van der Waals surface area contributed by atoms with Crippen molar-refractivity contribution in [1.29, 1.82) is 0 Å². The summed E-state index contributed by atoms with van der Waals surface area (Å²) in [6.45, 7) is -0.0924. The summed E-state index contributed by atoms with van der Waals surface area (Å²) in [6, 6.07) is 10.3. The zero-order valence-electron chi connectivity index (χ0n) is 11.0. The molecule has 2 heterocycles. The van der Waals surface area contributed by atoms with Gasteiger partial charge in [0.1, 0.15) is 0 Å². The molecule has 8 heteroatoms. The van der Waals surface area contributed by atoms with Crippen molar-refractivity contribution in [2.75, 3.05) is 0 Å². The molecule has 0 radical (unpaired) electrons. The second-order valence-corrected chi connectivity index (χ2v) is 7.09. The van der Waals surface area contributed by atoms with E-state index in [2.05, 4.69) is 26.1 Å². The molecule has 0 aliphatic rings. The number of rotatable bonds is 4. The molecular weight excluding hydrogens is 392 g/mol. The number of nitrogens with zero attached hydrogens (tertiary/aromatic N) is 2. The van der Waals surface area contributed by atoms with Crippen LogP contribution in [0.5, 0.6) is 0 Å². The molecule has 0 fully saturated rings. The van der Waals surface area contributed by atoms with Crippen molar-refractivity contribution in [2.45, 2.75) is 6.61 Å². The summed E-state index contributed by atoms with van der Waals surface area (Å²) in [5, 5.41) is 8.25. The molecule has 0 N–H and O–H groups in total. The maximum Gasteiger partial charge on any atom is 0.338 e. The number of halogens is 2. The van der Waals surface area contributed by atoms with Crippen LogP contribution in [0.3, 0.4) is 0 Å². The smallest absolute Gasteiger partial charge is 0.338 e. The predicted molar refractivity (Wildman–Crippen MR) is 85.9 cm³/mol. The average molecular weight is 400 g/mol. The van der Waals surface area contributed by atoms with Crippen molar-refractivity contribution >= 4 is 44.8 Å². The molecule has 0 unspecified atom stereocenters. The van der Waals surface area contributed by atoms with Crippen LogP contribution in [0.1, 0.15) is 16.2 Å². The Morgan fingerprint density at radius 2 is 2.18 bits per heavy atom. The number of thiophene rings is 1. The number of carbonyl (C=O) groups is 1. The summed E-state index contributed by atoms with van der Waals surface area (Å²) in [4.78, 5) is 12.7. The van der Waals surface area contributed by atoms with E-state index < -0.39 is 5.97 Å². The lowest BCUT2D eigenvalue weighted by atomic mass is 10.2. The lowest BCUT2D eigenvalue weighted by Crippen LogP contribution is -2.05. The van der Waals surface area contributed by atoms with Crippen LogP contribution in [0.15, 0.2) is 44.6 Å².